The maximum absolute atomic E-state index is 12.6. The fourth-order valence-electron chi connectivity index (χ4n) is 2.70. The van der Waals surface area contributed by atoms with Crippen LogP contribution in [-0.4, -0.2) is 30.4 Å². The molecule has 2 aromatic carbocycles. The van der Waals surface area contributed by atoms with E-state index >= 15 is 0 Å². The minimum atomic E-state index is -3.64. The van der Waals surface area contributed by atoms with Crippen LogP contribution in [0.5, 0.6) is 0 Å². The average Bonchev–Trinajstić information content (AvgIpc) is 3.05. The van der Waals surface area contributed by atoms with Crippen LogP contribution in [0.2, 0.25) is 0 Å². The molecular formula is C17H18N2O4S2. The van der Waals surface area contributed by atoms with Crippen molar-refractivity contribution in [2.24, 2.45) is 0 Å². The summed E-state index contributed by atoms with van der Waals surface area (Å²) < 4.78 is 52.6. The molecule has 1 N–H and O–H groups in total. The summed E-state index contributed by atoms with van der Waals surface area (Å²) in [4.78, 5) is 0.132. The van der Waals surface area contributed by atoms with Gasteiger partial charge in [0.15, 0.2) is 0 Å². The summed E-state index contributed by atoms with van der Waals surface area (Å²) in [6, 6.07) is 13.6. The van der Waals surface area contributed by atoms with Gasteiger partial charge in [-0.15, -0.1) is 0 Å². The van der Waals surface area contributed by atoms with Crippen LogP contribution in [0.25, 0.3) is 6.08 Å². The van der Waals surface area contributed by atoms with Gasteiger partial charge in [0.2, 0.25) is 10.0 Å². The molecule has 25 heavy (non-hydrogen) atoms. The monoisotopic (exact) mass is 378 g/mol. The van der Waals surface area contributed by atoms with Gasteiger partial charge in [-0.1, -0.05) is 30.3 Å². The van der Waals surface area contributed by atoms with Gasteiger partial charge in [0, 0.05) is 6.54 Å². The third-order valence-corrected chi connectivity index (χ3v) is 6.91. The molecule has 2 aromatic rings. The Hall–Kier alpha value is -2.16. The molecule has 0 bridgehead atoms. The molecule has 8 heteroatoms. The normalized spacial score (nSPS) is 14.8. The van der Waals surface area contributed by atoms with Gasteiger partial charge in [-0.05, 0) is 48.9 Å². The van der Waals surface area contributed by atoms with Crippen molar-refractivity contribution in [2.75, 3.05) is 17.9 Å². The zero-order valence-electron chi connectivity index (χ0n) is 13.6. The number of benzene rings is 2. The molecule has 3 rings (SSSR count). The van der Waals surface area contributed by atoms with E-state index in [-0.39, 0.29) is 4.90 Å². The van der Waals surface area contributed by atoms with Crippen LogP contribution in [0.1, 0.15) is 11.1 Å². The zero-order valence-corrected chi connectivity index (χ0v) is 15.2. The fourth-order valence-corrected chi connectivity index (χ4v) is 4.75. The summed E-state index contributed by atoms with van der Waals surface area (Å²) in [7, 11) is -5.85. The lowest BCUT2D eigenvalue weighted by Crippen LogP contribution is -2.27. The highest BCUT2D eigenvalue weighted by molar-refractivity contribution is 7.95. The smallest absolute Gasteiger partial charge is 0.257 e. The lowest BCUT2D eigenvalue weighted by molar-refractivity contribution is 0.588. The van der Waals surface area contributed by atoms with Gasteiger partial charge in [0.25, 0.3) is 10.0 Å². The Kier molecular flexibility index (Phi) is 4.68. The van der Waals surface area contributed by atoms with Crippen molar-refractivity contribution in [1.82, 2.24) is 4.72 Å². The Bertz CT molecular complexity index is 1010. The van der Waals surface area contributed by atoms with Crippen LogP contribution in [-0.2, 0) is 26.5 Å². The summed E-state index contributed by atoms with van der Waals surface area (Å²) >= 11 is 0. The molecule has 0 spiro atoms. The fraction of sp³-hybridized carbons (Fsp3) is 0.176. The summed E-state index contributed by atoms with van der Waals surface area (Å²) in [6.45, 7) is 0.292. The molecule has 1 aliphatic rings. The van der Waals surface area contributed by atoms with Crippen LogP contribution in [0.4, 0.5) is 5.69 Å². The first-order valence-corrected chi connectivity index (χ1v) is 10.6. The van der Waals surface area contributed by atoms with Gasteiger partial charge in [-0.2, -0.15) is 0 Å². The SMILES string of the molecule is CNS(=O)(=O)c1ccc2c(c1)CCN2S(=O)(=O)/C=C/c1ccccc1. The maximum Gasteiger partial charge on any atom is 0.257 e. The molecule has 0 aliphatic carbocycles. The van der Waals surface area contributed by atoms with E-state index in [9.17, 15) is 16.8 Å². The molecule has 0 saturated heterocycles. The van der Waals surface area contributed by atoms with E-state index in [0.717, 1.165) is 5.56 Å². The highest BCUT2D eigenvalue weighted by Gasteiger charge is 2.28. The minimum absolute atomic E-state index is 0.132. The molecule has 0 amide bonds. The summed E-state index contributed by atoms with van der Waals surface area (Å²) in [5.74, 6) is 0. The molecule has 1 aliphatic heterocycles. The zero-order chi connectivity index (χ0) is 18.1. The van der Waals surface area contributed by atoms with Crippen LogP contribution in [0.15, 0.2) is 58.8 Å². The van der Waals surface area contributed by atoms with Crippen molar-refractivity contribution in [3.63, 3.8) is 0 Å². The van der Waals surface area contributed by atoms with Crippen molar-refractivity contribution >= 4 is 31.8 Å². The Morgan fingerprint density at radius 3 is 2.44 bits per heavy atom. The molecule has 0 aromatic heterocycles. The average molecular weight is 378 g/mol. The van der Waals surface area contributed by atoms with Gasteiger partial charge in [-0.25, -0.2) is 21.6 Å². The molecule has 0 fully saturated rings. The standard InChI is InChI=1S/C17H18N2O4S2/c1-18-25(22,23)16-7-8-17-15(13-16)9-11-19(17)24(20,21)12-10-14-5-3-2-4-6-14/h2-8,10,12-13,18H,9,11H2,1H3/b12-10+. The van der Waals surface area contributed by atoms with E-state index in [2.05, 4.69) is 4.72 Å². The Morgan fingerprint density at radius 2 is 1.76 bits per heavy atom. The van der Waals surface area contributed by atoms with Crippen LogP contribution < -0.4 is 9.03 Å². The first-order chi connectivity index (χ1) is 11.8. The number of fused-ring (bicyclic) bond motifs is 1. The topological polar surface area (TPSA) is 83.6 Å². The molecule has 0 radical (unpaired) electrons. The van der Waals surface area contributed by atoms with E-state index in [0.29, 0.717) is 24.2 Å². The summed E-state index contributed by atoms with van der Waals surface area (Å²) in [5, 5.41) is 1.18. The second-order valence-electron chi connectivity index (χ2n) is 5.58. The number of hydrogen-bond acceptors (Lipinski definition) is 4. The third kappa shape index (κ3) is 3.60. The van der Waals surface area contributed by atoms with Crippen molar-refractivity contribution in [1.29, 1.82) is 0 Å². The van der Waals surface area contributed by atoms with E-state index in [1.807, 2.05) is 30.3 Å². The predicted molar refractivity (Wildman–Crippen MR) is 98.1 cm³/mol. The number of nitrogens with zero attached hydrogens (tertiary/aromatic N) is 1. The van der Waals surface area contributed by atoms with Gasteiger partial charge >= 0.3 is 0 Å². The second-order valence-corrected chi connectivity index (χ2v) is 9.21. The highest BCUT2D eigenvalue weighted by atomic mass is 32.2. The van der Waals surface area contributed by atoms with Crippen LogP contribution in [0, 0.1) is 0 Å². The van der Waals surface area contributed by atoms with Crippen LogP contribution in [0.3, 0.4) is 0 Å². The first-order valence-electron chi connectivity index (χ1n) is 7.66. The highest BCUT2D eigenvalue weighted by Crippen LogP contribution is 2.32. The molecule has 6 nitrogen and oxygen atoms in total. The summed E-state index contributed by atoms with van der Waals surface area (Å²) in [6.07, 6.45) is 2.02. The molecule has 0 unspecified atom stereocenters. The lowest BCUT2D eigenvalue weighted by atomic mass is 10.2. The number of rotatable bonds is 5. The number of anilines is 1. The van der Waals surface area contributed by atoms with Crippen LogP contribution >= 0.6 is 0 Å². The van der Waals surface area contributed by atoms with Gasteiger partial charge in [0.05, 0.1) is 16.0 Å². The first kappa shape index (κ1) is 17.7. The quantitative estimate of drug-likeness (QED) is 0.862. The largest absolute Gasteiger partial charge is 0.266 e. The number of nitrogens with one attached hydrogen (secondary N) is 1. The number of hydrogen-bond donors (Lipinski definition) is 1. The van der Waals surface area contributed by atoms with Gasteiger partial charge in [-0.3, -0.25) is 4.31 Å². The number of sulfonamides is 2. The Morgan fingerprint density at radius 1 is 1.04 bits per heavy atom. The van der Waals surface area contributed by atoms with Gasteiger partial charge < -0.3 is 0 Å². The Balaban J connectivity index is 1.91. The second kappa shape index (κ2) is 6.62. The molecule has 0 saturated carbocycles. The Labute approximate surface area is 147 Å². The molecule has 132 valence electrons. The van der Waals surface area contributed by atoms with Crippen molar-refractivity contribution < 1.29 is 16.8 Å². The maximum atomic E-state index is 12.6. The predicted octanol–water partition coefficient (Wildman–Crippen LogP) is 1.96. The van der Waals surface area contributed by atoms with E-state index in [1.165, 1.54) is 28.9 Å². The summed E-state index contributed by atoms with van der Waals surface area (Å²) in [5.41, 5.74) is 2.02. The van der Waals surface area contributed by atoms with E-state index in [4.69, 9.17) is 0 Å². The van der Waals surface area contributed by atoms with Gasteiger partial charge in [0.1, 0.15) is 0 Å². The van der Waals surface area contributed by atoms with Crippen molar-refractivity contribution in [3.05, 3.63) is 65.1 Å². The van der Waals surface area contributed by atoms with Crippen molar-refractivity contribution in [2.45, 2.75) is 11.3 Å². The van der Waals surface area contributed by atoms with E-state index < -0.39 is 20.0 Å². The van der Waals surface area contributed by atoms with Crippen molar-refractivity contribution in [3.8, 4) is 0 Å². The minimum Gasteiger partial charge on any atom is -0.266 e. The van der Waals surface area contributed by atoms with E-state index in [1.54, 1.807) is 12.1 Å². The lowest BCUT2D eigenvalue weighted by Gasteiger charge is -2.17. The third-order valence-electron chi connectivity index (χ3n) is 4.02. The molecular weight excluding hydrogens is 360 g/mol. The molecule has 1 heterocycles. The molecule has 0 atom stereocenters.